The van der Waals surface area contributed by atoms with E-state index in [9.17, 15) is 0 Å². The summed E-state index contributed by atoms with van der Waals surface area (Å²) in [6, 6.07) is 0. The molecule has 0 heterocycles. The lowest BCUT2D eigenvalue weighted by molar-refractivity contribution is 0.0328. The summed E-state index contributed by atoms with van der Waals surface area (Å²) in [4.78, 5) is 0. The predicted octanol–water partition coefficient (Wildman–Crippen LogP) is 2.05. The Labute approximate surface area is 105 Å². The Hall–Kier alpha value is -0.120. The second-order valence-corrected chi connectivity index (χ2v) is 5.95. The molecule has 0 saturated heterocycles. The molecule has 3 heteroatoms. The monoisotopic (exact) mass is 240 g/mol. The third-order valence-corrected chi connectivity index (χ3v) is 4.51. The first kappa shape index (κ1) is 13.3. The summed E-state index contributed by atoms with van der Waals surface area (Å²) in [6.45, 7) is 1.88. The Morgan fingerprint density at radius 1 is 1.35 bits per heavy atom. The van der Waals surface area contributed by atoms with Crippen molar-refractivity contribution in [1.82, 2.24) is 5.32 Å². The molecular formula is C14H28N2O. The van der Waals surface area contributed by atoms with Gasteiger partial charge in [0.05, 0.1) is 6.10 Å². The van der Waals surface area contributed by atoms with Crippen LogP contribution in [0.1, 0.15) is 51.4 Å². The van der Waals surface area contributed by atoms with E-state index < -0.39 is 0 Å². The molecule has 0 amide bonds. The smallest absolute Gasteiger partial charge is 0.0589 e. The fraction of sp³-hybridized carbons (Fsp3) is 1.00. The molecule has 0 radical (unpaired) electrons. The van der Waals surface area contributed by atoms with Crippen molar-refractivity contribution in [2.75, 3.05) is 20.2 Å². The summed E-state index contributed by atoms with van der Waals surface area (Å²) >= 11 is 0. The summed E-state index contributed by atoms with van der Waals surface area (Å²) in [5, 5.41) is 3.73. The van der Waals surface area contributed by atoms with Crippen LogP contribution >= 0.6 is 0 Å². The Morgan fingerprint density at radius 3 is 2.82 bits per heavy atom. The topological polar surface area (TPSA) is 47.3 Å². The highest BCUT2D eigenvalue weighted by Crippen LogP contribution is 2.33. The standard InChI is InChI=1S/C14H28N2O/c1-17-13-5-2-8-14(10-13,11-15)16-9-3-4-12-6-7-12/h12-13,16H,2-11,15H2,1H3. The van der Waals surface area contributed by atoms with Crippen molar-refractivity contribution in [3.63, 3.8) is 0 Å². The Bertz CT molecular complexity index is 230. The van der Waals surface area contributed by atoms with Crippen LogP contribution in [0.15, 0.2) is 0 Å². The van der Waals surface area contributed by atoms with Crippen LogP contribution in [0, 0.1) is 5.92 Å². The molecule has 0 spiro atoms. The Morgan fingerprint density at radius 2 is 2.18 bits per heavy atom. The number of rotatable bonds is 7. The fourth-order valence-corrected chi connectivity index (χ4v) is 3.08. The minimum atomic E-state index is 0.155. The van der Waals surface area contributed by atoms with Crippen LogP contribution in [0.25, 0.3) is 0 Å². The van der Waals surface area contributed by atoms with E-state index in [1.165, 1.54) is 44.9 Å². The van der Waals surface area contributed by atoms with Crippen molar-refractivity contribution in [3.05, 3.63) is 0 Å². The minimum absolute atomic E-state index is 0.155. The first-order valence-corrected chi connectivity index (χ1v) is 7.26. The van der Waals surface area contributed by atoms with Gasteiger partial charge in [-0.3, -0.25) is 0 Å². The van der Waals surface area contributed by atoms with Gasteiger partial charge in [0, 0.05) is 19.2 Å². The molecule has 3 nitrogen and oxygen atoms in total. The molecule has 2 fully saturated rings. The van der Waals surface area contributed by atoms with Gasteiger partial charge in [-0.05, 0) is 51.0 Å². The van der Waals surface area contributed by atoms with Gasteiger partial charge in [-0.15, -0.1) is 0 Å². The highest BCUT2D eigenvalue weighted by molar-refractivity contribution is 4.95. The maximum atomic E-state index is 5.99. The first-order valence-electron chi connectivity index (χ1n) is 7.26. The van der Waals surface area contributed by atoms with Crippen molar-refractivity contribution in [2.45, 2.75) is 63.0 Å². The third kappa shape index (κ3) is 3.94. The van der Waals surface area contributed by atoms with Gasteiger partial charge in [0.15, 0.2) is 0 Å². The van der Waals surface area contributed by atoms with Crippen LogP contribution < -0.4 is 11.1 Å². The van der Waals surface area contributed by atoms with Gasteiger partial charge in [0.2, 0.25) is 0 Å². The van der Waals surface area contributed by atoms with Crippen LogP contribution in [-0.2, 0) is 4.74 Å². The molecule has 2 aliphatic carbocycles. The molecule has 2 rings (SSSR count). The number of ether oxygens (including phenoxy) is 1. The average Bonchev–Trinajstić information content (AvgIpc) is 3.19. The number of methoxy groups -OCH3 is 1. The van der Waals surface area contributed by atoms with Crippen molar-refractivity contribution in [3.8, 4) is 0 Å². The molecule has 2 saturated carbocycles. The van der Waals surface area contributed by atoms with E-state index in [1.807, 2.05) is 7.11 Å². The lowest BCUT2D eigenvalue weighted by Gasteiger charge is -2.40. The Balaban J connectivity index is 1.72. The summed E-state index contributed by atoms with van der Waals surface area (Å²) in [7, 11) is 1.82. The van der Waals surface area contributed by atoms with Gasteiger partial charge in [-0.25, -0.2) is 0 Å². The van der Waals surface area contributed by atoms with Crippen LogP contribution in [0.2, 0.25) is 0 Å². The SMILES string of the molecule is COC1CCCC(CN)(NCCCC2CC2)C1. The van der Waals surface area contributed by atoms with E-state index in [2.05, 4.69) is 5.32 Å². The van der Waals surface area contributed by atoms with E-state index in [-0.39, 0.29) is 5.54 Å². The molecule has 2 aliphatic rings. The second kappa shape index (κ2) is 6.17. The summed E-state index contributed by atoms with van der Waals surface area (Å²) in [5.74, 6) is 1.05. The molecule has 0 aromatic rings. The van der Waals surface area contributed by atoms with Gasteiger partial charge in [0.25, 0.3) is 0 Å². The molecule has 17 heavy (non-hydrogen) atoms. The largest absolute Gasteiger partial charge is 0.381 e. The van der Waals surface area contributed by atoms with E-state index in [0.717, 1.165) is 25.4 Å². The van der Waals surface area contributed by atoms with Gasteiger partial charge in [0.1, 0.15) is 0 Å². The average molecular weight is 240 g/mol. The highest BCUT2D eigenvalue weighted by Gasteiger charge is 2.34. The lowest BCUT2D eigenvalue weighted by atomic mass is 9.80. The Kier molecular flexibility index (Phi) is 4.83. The first-order chi connectivity index (χ1) is 8.28. The molecule has 100 valence electrons. The van der Waals surface area contributed by atoms with Gasteiger partial charge in [-0.1, -0.05) is 12.8 Å². The summed E-state index contributed by atoms with van der Waals surface area (Å²) in [5.41, 5.74) is 6.15. The van der Waals surface area contributed by atoms with E-state index in [1.54, 1.807) is 0 Å². The van der Waals surface area contributed by atoms with Crippen molar-refractivity contribution in [2.24, 2.45) is 11.7 Å². The summed E-state index contributed by atoms with van der Waals surface area (Å²) < 4.78 is 5.51. The quantitative estimate of drug-likeness (QED) is 0.670. The van der Waals surface area contributed by atoms with E-state index >= 15 is 0 Å². The summed E-state index contributed by atoms with van der Waals surface area (Å²) in [6.07, 6.45) is 10.8. The zero-order chi connectivity index (χ0) is 12.1. The second-order valence-electron chi connectivity index (χ2n) is 5.95. The third-order valence-electron chi connectivity index (χ3n) is 4.51. The van der Waals surface area contributed by atoms with E-state index in [0.29, 0.717) is 6.10 Å². The number of hydrogen-bond donors (Lipinski definition) is 2. The highest BCUT2D eigenvalue weighted by atomic mass is 16.5. The molecular weight excluding hydrogens is 212 g/mol. The van der Waals surface area contributed by atoms with Gasteiger partial charge < -0.3 is 15.8 Å². The maximum Gasteiger partial charge on any atom is 0.0589 e. The van der Waals surface area contributed by atoms with Crippen LogP contribution in [0.3, 0.4) is 0 Å². The molecule has 0 aliphatic heterocycles. The van der Waals surface area contributed by atoms with Crippen LogP contribution in [0.4, 0.5) is 0 Å². The van der Waals surface area contributed by atoms with Crippen molar-refractivity contribution in [1.29, 1.82) is 0 Å². The molecule has 3 N–H and O–H groups in total. The number of nitrogens with two attached hydrogens (primary N) is 1. The van der Waals surface area contributed by atoms with E-state index in [4.69, 9.17) is 10.5 Å². The molecule has 0 bridgehead atoms. The lowest BCUT2D eigenvalue weighted by Crippen LogP contribution is -2.55. The zero-order valence-corrected chi connectivity index (χ0v) is 11.2. The maximum absolute atomic E-state index is 5.99. The van der Waals surface area contributed by atoms with Gasteiger partial charge in [-0.2, -0.15) is 0 Å². The minimum Gasteiger partial charge on any atom is -0.381 e. The van der Waals surface area contributed by atoms with Gasteiger partial charge >= 0.3 is 0 Å². The molecule has 2 unspecified atom stereocenters. The van der Waals surface area contributed by atoms with Crippen LogP contribution in [0.5, 0.6) is 0 Å². The van der Waals surface area contributed by atoms with Crippen molar-refractivity contribution >= 4 is 0 Å². The molecule has 0 aromatic carbocycles. The molecule has 0 aromatic heterocycles. The predicted molar refractivity (Wildman–Crippen MR) is 71.0 cm³/mol. The molecule has 2 atom stereocenters. The van der Waals surface area contributed by atoms with Crippen LogP contribution in [-0.4, -0.2) is 31.8 Å². The number of hydrogen-bond acceptors (Lipinski definition) is 3. The normalized spacial score (nSPS) is 33.9. The van der Waals surface area contributed by atoms with Crippen molar-refractivity contribution < 1.29 is 4.74 Å². The number of nitrogens with one attached hydrogen (secondary N) is 1. The fourth-order valence-electron chi connectivity index (χ4n) is 3.08. The zero-order valence-electron chi connectivity index (χ0n) is 11.2.